The fraction of sp³-hybridized carbons (Fsp3) is 0.533. The average Bonchev–Trinajstić information content (AvgIpc) is 2.41. The minimum atomic E-state index is 0.0584. The van der Waals surface area contributed by atoms with Crippen LogP contribution in [0.3, 0.4) is 0 Å². The van der Waals surface area contributed by atoms with Crippen LogP contribution in [-0.4, -0.2) is 23.9 Å². The quantitative estimate of drug-likeness (QED) is 0.815. The number of nitrogens with two attached hydrogens (primary N) is 1. The van der Waals surface area contributed by atoms with Gasteiger partial charge < -0.3 is 10.6 Å². The molecular formula is C15H22N2O. The molecule has 1 aliphatic carbocycles. The van der Waals surface area contributed by atoms with Gasteiger partial charge in [-0.3, -0.25) is 4.79 Å². The van der Waals surface area contributed by atoms with Crippen LogP contribution in [0.15, 0.2) is 18.2 Å². The van der Waals surface area contributed by atoms with Crippen molar-refractivity contribution < 1.29 is 4.79 Å². The number of hydrogen-bond donors (Lipinski definition) is 1. The third-order valence-corrected chi connectivity index (χ3v) is 4.00. The molecule has 0 unspecified atom stereocenters. The van der Waals surface area contributed by atoms with Crippen LogP contribution in [0.4, 0.5) is 5.69 Å². The predicted octanol–water partition coefficient (Wildman–Crippen LogP) is 2.98. The number of rotatable bonds is 2. The lowest BCUT2D eigenvalue weighted by molar-refractivity contribution is 0.0697. The summed E-state index contributed by atoms with van der Waals surface area (Å²) in [7, 11) is 1.90. The monoisotopic (exact) mass is 246 g/mol. The standard InChI is InChI=1S/C15H22N2O/c1-11-7-6-10-13(14(11)16)15(18)17(2)12-8-4-3-5-9-12/h6-7,10,12H,3-5,8-9,16H2,1-2H3. The van der Waals surface area contributed by atoms with E-state index in [4.69, 9.17) is 5.73 Å². The van der Waals surface area contributed by atoms with Crippen LogP contribution >= 0.6 is 0 Å². The normalized spacial score (nSPS) is 16.6. The van der Waals surface area contributed by atoms with Gasteiger partial charge in [0.2, 0.25) is 0 Å². The Morgan fingerprint density at radius 3 is 2.61 bits per heavy atom. The van der Waals surface area contributed by atoms with E-state index in [0.29, 0.717) is 17.3 Å². The van der Waals surface area contributed by atoms with E-state index in [9.17, 15) is 4.79 Å². The first-order chi connectivity index (χ1) is 8.61. The van der Waals surface area contributed by atoms with E-state index in [1.807, 2.05) is 37.1 Å². The van der Waals surface area contributed by atoms with Gasteiger partial charge in [-0.25, -0.2) is 0 Å². The highest BCUT2D eigenvalue weighted by Gasteiger charge is 2.24. The van der Waals surface area contributed by atoms with Gasteiger partial charge in [0, 0.05) is 18.8 Å². The summed E-state index contributed by atoms with van der Waals surface area (Å²) >= 11 is 0. The van der Waals surface area contributed by atoms with Gasteiger partial charge in [-0.2, -0.15) is 0 Å². The molecule has 0 radical (unpaired) electrons. The summed E-state index contributed by atoms with van der Waals surface area (Å²) in [6, 6.07) is 6.04. The lowest BCUT2D eigenvalue weighted by atomic mass is 9.94. The third-order valence-electron chi connectivity index (χ3n) is 4.00. The highest BCUT2D eigenvalue weighted by Crippen LogP contribution is 2.25. The molecule has 98 valence electrons. The number of carbonyl (C=O) groups is 1. The van der Waals surface area contributed by atoms with Crippen molar-refractivity contribution in [3.63, 3.8) is 0 Å². The lowest BCUT2D eigenvalue weighted by Crippen LogP contribution is -2.38. The SMILES string of the molecule is Cc1cccc(C(=O)N(C)C2CCCCC2)c1N. The number of carbonyl (C=O) groups excluding carboxylic acids is 1. The maximum atomic E-state index is 12.5. The number of para-hydroxylation sites is 1. The second-order valence-electron chi connectivity index (χ2n) is 5.24. The second-order valence-corrected chi connectivity index (χ2v) is 5.24. The van der Waals surface area contributed by atoms with Gasteiger partial charge in [0.15, 0.2) is 0 Å². The predicted molar refractivity (Wildman–Crippen MR) is 74.6 cm³/mol. The van der Waals surface area contributed by atoms with Gasteiger partial charge in [-0.05, 0) is 31.4 Å². The number of nitrogens with zero attached hydrogens (tertiary/aromatic N) is 1. The van der Waals surface area contributed by atoms with Crippen LogP contribution in [0.2, 0.25) is 0 Å². The zero-order chi connectivity index (χ0) is 13.1. The topological polar surface area (TPSA) is 46.3 Å². The molecule has 1 aliphatic rings. The van der Waals surface area contributed by atoms with Crippen LogP contribution in [0.1, 0.15) is 48.0 Å². The molecule has 2 rings (SSSR count). The van der Waals surface area contributed by atoms with Crippen molar-refractivity contribution in [2.45, 2.75) is 45.1 Å². The van der Waals surface area contributed by atoms with E-state index in [0.717, 1.165) is 18.4 Å². The van der Waals surface area contributed by atoms with Crippen molar-refractivity contribution >= 4 is 11.6 Å². The molecule has 1 aromatic rings. The van der Waals surface area contributed by atoms with E-state index < -0.39 is 0 Å². The van der Waals surface area contributed by atoms with E-state index in [2.05, 4.69) is 0 Å². The highest BCUT2D eigenvalue weighted by atomic mass is 16.2. The molecule has 18 heavy (non-hydrogen) atoms. The molecule has 3 heteroatoms. The summed E-state index contributed by atoms with van der Waals surface area (Å²) in [5, 5.41) is 0. The number of anilines is 1. The molecule has 2 N–H and O–H groups in total. The first-order valence-electron chi connectivity index (χ1n) is 6.73. The molecule has 1 aromatic carbocycles. The van der Waals surface area contributed by atoms with Crippen LogP contribution in [0.25, 0.3) is 0 Å². The summed E-state index contributed by atoms with van der Waals surface area (Å²) in [4.78, 5) is 14.3. The zero-order valence-electron chi connectivity index (χ0n) is 11.3. The Balaban J connectivity index is 2.17. The van der Waals surface area contributed by atoms with Crippen molar-refractivity contribution in [2.75, 3.05) is 12.8 Å². The third kappa shape index (κ3) is 2.50. The molecule has 0 atom stereocenters. The Kier molecular flexibility index (Phi) is 3.90. The van der Waals surface area contributed by atoms with E-state index in [-0.39, 0.29) is 5.91 Å². The molecule has 0 saturated heterocycles. The summed E-state index contributed by atoms with van der Waals surface area (Å²) < 4.78 is 0. The maximum absolute atomic E-state index is 12.5. The first kappa shape index (κ1) is 12.9. The van der Waals surface area contributed by atoms with E-state index in [1.165, 1.54) is 19.3 Å². The first-order valence-corrected chi connectivity index (χ1v) is 6.73. The van der Waals surface area contributed by atoms with Crippen LogP contribution < -0.4 is 5.73 Å². The Morgan fingerprint density at radius 2 is 1.94 bits per heavy atom. The smallest absolute Gasteiger partial charge is 0.255 e. The van der Waals surface area contributed by atoms with E-state index in [1.54, 1.807) is 0 Å². The number of nitrogen functional groups attached to an aromatic ring is 1. The summed E-state index contributed by atoms with van der Waals surface area (Å²) in [5.41, 5.74) is 8.23. The molecule has 1 amide bonds. The Hall–Kier alpha value is -1.51. The van der Waals surface area contributed by atoms with E-state index >= 15 is 0 Å². The fourth-order valence-electron chi connectivity index (χ4n) is 2.69. The van der Waals surface area contributed by atoms with Crippen LogP contribution in [0.5, 0.6) is 0 Å². The van der Waals surface area contributed by atoms with Crippen LogP contribution in [-0.2, 0) is 0 Å². The minimum Gasteiger partial charge on any atom is -0.398 e. The largest absolute Gasteiger partial charge is 0.398 e. The minimum absolute atomic E-state index is 0.0584. The van der Waals surface area contributed by atoms with Crippen LogP contribution in [0, 0.1) is 6.92 Å². The maximum Gasteiger partial charge on any atom is 0.255 e. The Morgan fingerprint density at radius 1 is 1.28 bits per heavy atom. The van der Waals surface area contributed by atoms with Crippen molar-refractivity contribution in [1.82, 2.24) is 4.90 Å². The molecule has 1 fully saturated rings. The summed E-state index contributed by atoms with van der Waals surface area (Å²) in [6.07, 6.45) is 5.99. The van der Waals surface area contributed by atoms with Gasteiger partial charge >= 0.3 is 0 Å². The van der Waals surface area contributed by atoms with Crippen molar-refractivity contribution in [2.24, 2.45) is 0 Å². The number of amides is 1. The molecule has 0 spiro atoms. The van der Waals surface area contributed by atoms with Gasteiger partial charge in [0.1, 0.15) is 0 Å². The summed E-state index contributed by atoms with van der Waals surface area (Å²) in [6.45, 7) is 1.94. The highest BCUT2D eigenvalue weighted by molar-refractivity contribution is 5.99. The molecular weight excluding hydrogens is 224 g/mol. The number of hydrogen-bond acceptors (Lipinski definition) is 2. The lowest BCUT2D eigenvalue weighted by Gasteiger charge is -2.31. The summed E-state index contributed by atoms with van der Waals surface area (Å²) in [5.74, 6) is 0.0584. The van der Waals surface area contributed by atoms with Crippen molar-refractivity contribution in [1.29, 1.82) is 0 Å². The van der Waals surface area contributed by atoms with Gasteiger partial charge in [0.25, 0.3) is 5.91 Å². The Labute approximate surface area is 109 Å². The average molecular weight is 246 g/mol. The number of aryl methyl sites for hydroxylation is 1. The Bertz CT molecular complexity index is 436. The van der Waals surface area contributed by atoms with Gasteiger partial charge in [-0.15, -0.1) is 0 Å². The zero-order valence-corrected chi connectivity index (χ0v) is 11.3. The molecule has 0 bridgehead atoms. The van der Waals surface area contributed by atoms with Gasteiger partial charge in [0.05, 0.1) is 5.56 Å². The molecule has 0 aromatic heterocycles. The van der Waals surface area contributed by atoms with Gasteiger partial charge in [-0.1, -0.05) is 31.4 Å². The second kappa shape index (κ2) is 5.42. The molecule has 1 saturated carbocycles. The fourth-order valence-corrected chi connectivity index (χ4v) is 2.69. The molecule has 3 nitrogen and oxygen atoms in total. The van der Waals surface area contributed by atoms with Crippen molar-refractivity contribution in [3.8, 4) is 0 Å². The molecule has 0 aliphatic heterocycles. The molecule has 0 heterocycles. The van der Waals surface area contributed by atoms with Crippen molar-refractivity contribution in [3.05, 3.63) is 29.3 Å². The number of benzene rings is 1.